The summed E-state index contributed by atoms with van der Waals surface area (Å²) in [5.41, 5.74) is 0.810. The summed E-state index contributed by atoms with van der Waals surface area (Å²) < 4.78 is 3.69. The van der Waals surface area contributed by atoms with Gasteiger partial charge in [0.1, 0.15) is 5.56 Å². The molecule has 7 heteroatoms. The molecule has 1 aliphatic heterocycles. The van der Waals surface area contributed by atoms with E-state index in [4.69, 9.17) is 0 Å². The number of nitrogens with one attached hydrogen (secondary N) is 2. The van der Waals surface area contributed by atoms with Crippen molar-refractivity contribution in [3.8, 4) is 0 Å². The Balaban J connectivity index is 1.65. The fourth-order valence-corrected chi connectivity index (χ4v) is 3.26. The number of rotatable bonds is 6. The highest BCUT2D eigenvalue weighted by Crippen LogP contribution is 2.17. The highest BCUT2D eigenvalue weighted by atomic mass is 16.2. The molecule has 134 valence electrons. The molecular weight excluding hydrogens is 318 g/mol. The molecule has 0 aromatic carbocycles. The van der Waals surface area contributed by atoms with Gasteiger partial charge in [-0.1, -0.05) is 0 Å². The topological polar surface area (TPSA) is 81.0 Å². The van der Waals surface area contributed by atoms with Gasteiger partial charge in [-0.2, -0.15) is 0 Å². The third-order valence-corrected chi connectivity index (χ3v) is 4.69. The van der Waals surface area contributed by atoms with Crippen molar-refractivity contribution in [1.82, 2.24) is 24.8 Å². The number of amides is 1. The molecule has 0 saturated carbocycles. The summed E-state index contributed by atoms with van der Waals surface area (Å²) in [6.45, 7) is 4.93. The number of aromatic nitrogens is 3. The maximum Gasteiger partial charge on any atom is 0.263 e. The van der Waals surface area contributed by atoms with Crippen LogP contribution in [-0.4, -0.2) is 39.7 Å². The largest absolute Gasteiger partial charge is 0.352 e. The van der Waals surface area contributed by atoms with E-state index in [2.05, 4.69) is 15.6 Å². The fraction of sp³-hybridized carbons (Fsp3) is 0.500. The summed E-state index contributed by atoms with van der Waals surface area (Å²) in [7, 11) is 0. The van der Waals surface area contributed by atoms with E-state index in [0.29, 0.717) is 6.54 Å². The first-order valence-electron chi connectivity index (χ1n) is 8.83. The van der Waals surface area contributed by atoms with E-state index < -0.39 is 0 Å². The number of carbonyl (C=O) groups is 1. The second-order valence-electron chi connectivity index (χ2n) is 6.48. The van der Waals surface area contributed by atoms with Gasteiger partial charge in [0.25, 0.3) is 11.5 Å². The second-order valence-corrected chi connectivity index (χ2v) is 6.48. The van der Waals surface area contributed by atoms with Gasteiger partial charge < -0.3 is 19.8 Å². The fourth-order valence-electron chi connectivity index (χ4n) is 3.26. The lowest BCUT2D eigenvalue weighted by molar-refractivity contribution is 0.0949. The molecule has 1 fully saturated rings. The minimum atomic E-state index is -0.281. The monoisotopic (exact) mass is 343 g/mol. The minimum absolute atomic E-state index is 0.169. The van der Waals surface area contributed by atoms with Crippen LogP contribution in [0.15, 0.2) is 35.8 Å². The number of hydrogen-bond donors (Lipinski definition) is 2. The van der Waals surface area contributed by atoms with Crippen molar-refractivity contribution in [2.24, 2.45) is 0 Å². The van der Waals surface area contributed by atoms with Gasteiger partial charge in [-0.15, -0.1) is 0 Å². The summed E-state index contributed by atoms with van der Waals surface area (Å²) >= 11 is 0. The Morgan fingerprint density at radius 2 is 2.16 bits per heavy atom. The molecule has 25 heavy (non-hydrogen) atoms. The van der Waals surface area contributed by atoms with Gasteiger partial charge in [-0.25, -0.2) is 4.98 Å². The molecule has 3 rings (SSSR count). The number of nitrogens with zero attached hydrogens (tertiary/aromatic N) is 3. The summed E-state index contributed by atoms with van der Waals surface area (Å²) in [4.78, 5) is 29.3. The van der Waals surface area contributed by atoms with E-state index >= 15 is 0 Å². The van der Waals surface area contributed by atoms with Crippen molar-refractivity contribution in [2.45, 2.75) is 38.8 Å². The van der Waals surface area contributed by atoms with Gasteiger partial charge in [0.15, 0.2) is 0 Å². The maximum atomic E-state index is 12.8. The van der Waals surface area contributed by atoms with E-state index in [0.717, 1.165) is 44.5 Å². The van der Waals surface area contributed by atoms with Crippen molar-refractivity contribution < 1.29 is 4.79 Å². The van der Waals surface area contributed by atoms with E-state index in [9.17, 15) is 9.59 Å². The molecule has 0 atom stereocenters. The molecule has 0 bridgehead atoms. The van der Waals surface area contributed by atoms with Crippen LogP contribution in [0.2, 0.25) is 0 Å². The van der Waals surface area contributed by atoms with Crippen LogP contribution in [0.25, 0.3) is 0 Å². The molecule has 0 aliphatic carbocycles. The molecule has 1 amide bonds. The van der Waals surface area contributed by atoms with Gasteiger partial charge in [0.2, 0.25) is 0 Å². The molecule has 0 radical (unpaired) electrons. The standard InChI is InChI=1S/C18H25N5O2/c1-14-5-11-23(15-3-7-19-8-4-15)18(25)16(14)17(24)21-6-2-10-22-12-9-20-13-22/h5,9,11-13,15,19H,2-4,6-8,10H2,1H3,(H,21,24). The Kier molecular flexibility index (Phi) is 5.65. The average molecular weight is 343 g/mol. The lowest BCUT2D eigenvalue weighted by atomic mass is 10.0. The zero-order valence-electron chi connectivity index (χ0n) is 14.6. The first-order chi connectivity index (χ1) is 12.2. The Labute approximate surface area is 147 Å². The van der Waals surface area contributed by atoms with Crippen LogP contribution < -0.4 is 16.2 Å². The van der Waals surface area contributed by atoms with Crippen molar-refractivity contribution in [3.63, 3.8) is 0 Å². The summed E-state index contributed by atoms with van der Waals surface area (Å²) in [5.74, 6) is -0.281. The van der Waals surface area contributed by atoms with Crippen molar-refractivity contribution in [1.29, 1.82) is 0 Å². The van der Waals surface area contributed by atoms with Crippen LogP contribution >= 0.6 is 0 Å². The number of hydrogen-bond acceptors (Lipinski definition) is 4. The highest BCUT2D eigenvalue weighted by Gasteiger charge is 2.21. The Morgan fingerprint density at radius 3 is 2.88 bits per heavy atom. The van der Waals surface area contributed by atoms with Gasteiger partial charge >= 0.3 is 0 Å². The number of carbonyl (C=O) groups excluding carboxylic acids is 1. The Hall–Kier alpha value is -2.41. The molecule has 7 nitrogen and oxygen atoms in total. The highest BCUT2D eigenvalue weighted by molar-refractivity contribution is 5.95. The lowest BCUT2D eigenvalue weighted by Gasteiger charge is -2.25. The number of aryl methyl sites for hydroxylation is 2. The lowest BCUT2D eigenvalue weighted by Crippen LogP contribution is -2.38. The zero-order valence-corrected chi connectivity index (χ0v) is 14.6. The van der Waals surface area contributed by atoms with Crippen molar-refractivity contribution >= 4 is 5.91 Å². The third-order valence-electron chi connectivity index (χ3n) is 4.69. The molecular formula is C18H25N5O2. The normalized spacial score (nSPS) is 15.2. The molecule has 2 N–H and O–H groups in total. The van der Waals surface area contributed by atoms with Gasteiger partial charge in [-0.05, 0) is 50.9 Å². The third kappa shape index (κ3) is 4.17. The Morgan fingerprint density at radius 1 is 1.36 bits per heavy atom. The maximum absolute atomic E-state index is 12.8. The van der Waals surface area contributed by atoms with E-state index in [1.54, 1.807) is 17.1 Å². The summed E-state index contributed by atoms with van der Waals surface area (Å²) in [6.07, 6.45) is 9.81. The van der Waals surface area contributed by atoms with Gasteiger partial charge in [0, 0.05) is 37.7 Å². The molecule has 2 aromatic rings. The molecule has 3 heterocycles. The number of piperidine rings is 1. The van der Waals surface area contributed by atoms with Gasteiger partial charge in [-0.3, -0.25) is 9.59 Å². The number of imidazole rings is 1. The smallest absolute Gasteiger partial charge is 0.263 e. The minimum Gasteiger partial charge on any atom is -0.352 e. The second kappa shape index (κ2) is 8.11. The first kappa shape index (κ1) is 17.4. The predicted octanol–water partition coefficient (Wildman–Crippen LogP) is 1.10. The van der Waals surface area contributed by atoms with E-state index in [-0.39, 0.29) is 23.1 Å². The average Bonchev–Trinajstić information content (AvgIpc) is 3.13. The van der Waals surface area contributed by atoms with Crippen LogP contribution in [0.5, 0.6) is 0 Å². The molecule has 0 unspecified atom stereocenters. The quantitative estimate of drug-likeness (QED) is 0.770. The van der Waals surface area contributed by atoms with Crippen molar-refractivity contribution in [2.75, 3.05) is 19.6 Å². The SMILES string of the molecule is Cc1ccn(C2CCNCC2)c(=O)c1C(=O)NCCCn1ccnc1. The van der Waals surface area contributed by atoms with Crippen molar-refractivity contribution in [3.05, 3.63) is 52.5 Å². The van der Waals surface area contributed by atoms with Crippen LogP contribution in [0, 0.1) is 6.92 Å². The van der Waals surface area contributed by atoms with Gasteiger partial charge in [0.05, 0.1) is 6.33 Å². The zero-order chi connectivity index (χ0) is 17.6. The Bertz CT molecular complexity index is 760. The number of pyridine rings is 1. The molecule has 1 saturated heterocycles. The van der Waals surface area contributed by atoms with E-state index in [1.807, 2.05) is 30.0 Å². The van der Waals surface area contributed by atoms with Crippen LogP contribution in [0.3, 0.4) is 0 Å². The summed E-state index contributed by atoms with van der Waals surface area (Å²) in [5, 5.41) is 6.17. The van der Waals surface area contributed by atoms with E-state index in [1.165, 1.54) is 0 Å². The molecule has 0 spiro atoms. The molecule has 2 aromatic heterocycles. The van der Waals surface area contributed by atoms with Crippen LogP contribution in [0.1, 0.15) is 41.2 Å². The predicted molar refractivity (Wildman–Crippen MR) is 95.8 cm³/mol. The first-order valence-corrected chi connectivity index (χ1v) is 8.83. The van der Waals surface area contributed by atoms with Crippen LogP contribution in [-0.2, 0) is 6.54 Å². The molecule has 1 aliphatic rings. The van der Waals surface area contributed by atoms with Crippen LogP contribution in [0.4, 0.5) is 0 Å². The summed E-state index contributed by atoms with van der Waals surface area (Å²) in [6, 6.07) is 2.03.